The van der Waals surface area contributed by atoms with Crippen molar-refractivity contribution >= 4 is 33.2 Å². The van der Waals surface area contributed by atoms with Crippen molar-refractivity contribution in [1.29, 1.82) is 0 Å². The maximum absolute atomic E-state index is 14.2. The largest absolute Gasteiger partial charge is 0.367 e. The number of anilines is 2. The monoisotopic (exact) mass is 472 g/mol. The van der Waals surface area contributed by atoms with Gasteiger partial charge in [0, 0.05) is 49.6 Å². The number of nitrogens with one attached hydrogen (secondary N) is 2. The van der Waals surface area contributed by atoms with Gasteiger partial charge in [-0.15, -0.1) is 0 Å². The fourth-order valence-corrected chi connectivity index (χ4v) is 3.56. The molecule has 6 nitrogen and oxygen atoms in total. The maximum Gasteiger partial charge on any atom is 0.264 e. The van der Waals surface area contributed by atoms with E-state index in [1.54, 1.807) is 0 Å². The molecule has 1 amide bonds. The molecule has 1 aliphatic heterocycles. The van der Waals surface area contributed by atoms with Gasteiger partial charge in [0.1, 0.15) is 5.82 Å². The van der Waals surface area contributed by atoms with E-state index < -0.39 is 29.3 Å². The number of amides is 1. The molecule has 0 bridgehead atoms. The van der Waals surface area contributed by atoms with Crippen LogP contribution in [0, 0.1) is 5.82 Å². The van der Waals surface area contributed by atoms with Gasteiger partial charge in [0.2, 0.25) is 5.56 Å². The van der Waals surface area contributed by atoms with Crippen molar-refractivity contribution in [1.82, 2.24) is 9.88 Å². The van der Waals surface area contributed by atoms with Gasteiger partial charge in [-0.3, -0.25) is 9.59 Å². The second-order valence-electron chi connectivity index (χ2n) is 6.98. The number of carbonyl (C=O) groups excluding carboxylic acids is 1. The molecule has 0 radical (unpaired) electrons. The minimum atomic E-state index is -2.99. The number of rotatable bonds is 4. The van der Waals surface area contributed by atoms with Crippen molar-refractivity contribution < 1.29 is 18.0 Å². The maximum atomic E-state index is 14.2. The number of pyridine rings is 1. The highest BCUT2D eigenvalue weighted by atomic mass is 79.9. The summed E-state index contributed by atoms with van der Waals surface area (Å²) in [5.74, 6) is -1.32. The van der Waals surface area contributed by atoms with Crippen LogP contribution in [0.15, 0.2) is 33.7 Å². The molecule has 0 saturated carbocycles. The Morgan fingerprint density at radius 1 is 1.31 bits per heavy atom. The SMILES string of the molecule is C[C@H]1CN(c2cc(F)c(Br)cc2NC(=O)c2c[nH]c(=O)cc2C(F)F)CCN1C. The Labute approximate surface area is 173 Å². The Bertz CT molecular complexity index is 982. The first-order chi connectivity index (χ1) is 13.7. The lowest BCUT2D eigenvalue weighted by Gasteiger charge is -2.39. The standard InChI is InChI=1S/C19H20BrF3N4O2/c1-10-9-27(4-3-26(10)2)16-7-14(21)13(20)6-15(16)25-19(29)12-8-24-17(28)5-11(12)18(22)23/h5-8,10,18H,3-4,9H2,1-2H3,(H,24,28)(H,25,29)/t10-/m0/s1. The van der Waals surface area contributed by atoms with E-state index in [1.165, 1.54) is 12.1 Å². The molecule has 1 aromatic heterocycles. The number of benzene rings is 1. The van der Waals surface area contributed by atoms with Gasteiger partial charge in [-0.25, -0.2) is 13.2 Å². The highest BCUT2D eigenvalue weighted by Crippen LogP contribution is 2.34. The van der Waals surface area contributed by atoms with E-state index in [0.29, 0.717) is 24.8 Å². The van der Waals surface area contributed by atoms with Crippen molar-refractivity contribution in [2.24, 2.45) is 0 Å². The number of nitrogens with zero attached hydrogens (tertiary/aromatic N) is 2. The molecule has 2 N–H and O–H groups in total. The molecular formula is C19H20BrF3N4O2. The molecule has 1 fully saturated rings. The molecule has 1 saturated heterocycles. The minimum Gasteiger partial charge on any atom is -0.367 e. The van der Waals surface area contributed by atoms with E-state index in [1.807, 2.05) is 18.9 Å². The summed E-state index contributed by atoms with van der Waals surface area (Å²) in [6, 6.07) is 3.62. The molecule has 0 unspecified atom stereocenters. The van der Waals surface area contributed by atoms with Crippen LogP contribution >= 0.6 is 15.9 Å². The fraction of sp³-hybridized carbons (Fsp3) is 0.368. The van der Waals surface area contributed by atoms with Gasteiger partial charge in [0.05, 0.1) is 21.4 Å². The van der Waals surface area contributed by atoms with Crippen molar-refractivity contribution in [3.05, 3.63) is 56.2 Å². The van der Waals surface area contributed by atoms with Crippen molar-refractivity contribution in [2.75, 3.05) is 36.9 Å². The molecule has 2 heterocycles. The number of hydrogen-bond acceptors (Lipinski definition) is 4. The van der Waals surface area contributed by atoms with E-state index in [2.05, 4.69) is 31.1 Å². The van der Waals surface area contributed by atoms with Crippen molar-refractivity contribution in [2.45, 2.75) is 19.4 Å². The van der Waals surface area contributed by atoms with Gasteiger partial charge in [-0.1, -0.05) is 0 Å². The van der Waals surface area contributed by atoms with Crippen LogP contribution in [0.5, 0.6) is 0 Å². The van der Waals surface area contributed by atoms with Crippen LogP contribution in [-0.4, -0.2) is 48.5 Å². The summed E-state index contributed by atoms with van der Waals surface area (Å²) in [6.45, 7) is 4.02. The molecule has 0 spiro atoms. The third-order valence-electron chi connectivity index (χ3n) is 5.02. The predicted octanol–water partition coefficient (Wildman–Crippen LogP) is 3.61. The first-order valence-corrected chi connectivity index (χ1v) is 9.73. The van der Waals surface area contributed by atoms with Gasteiger partial charge >= 0.3 is 0 Å². The topological polar surface area (TPSA) is 68.4 Å². The van der Waals surface area contributed by atoms with E-state index in [4.69, 9.17) is 0 Å². The quantitative estimate of drug-likeness (QED) is 0.713. The summed E-state index contributed by atoms with van der Waals surface area (Å²) >= 11 is 3.10. The van der Waals surface area contributed by atoms with Crippen LogP contribution in [0.4, 0.5) is 24.5 Å². The van der Waals surface area contributed by atoms with E-state index in [0.717, 1.165) is 12.7 Å². The molecule has 156 valence electrons. The highest BCUT2D eigenvalue weighted by Gasteiger charge is 2.25. The fourth-order valence-electron chi connectivity index (χ4n) is 3.22. The summed E-state index contributed by atoms with van der Waals surface area (Å²) in [6.07, 6.45) is -2.04. The van der Waals surface area contributed by atoms with Gasteiger partial charge in [-0.2, -0.15) is 0 Å². The van der Waals surface area contributed by atoms with Crippen molar-refractivity contribution in [3.8, 4) is 0 Å². The van der Waals surface area contributed by atoms with Gasteiger partial charge in [0.25, 0.3) is 12.3 Å². The predicted molar refractivity (Wildman–Crippen MR) is 108 cm³/mol. The zero-order valence-electron chi connectivity index (χ0n) is 15.8. The zero-order valence-corrected chi connectivity index (χ0v) is 17.4. The van der Waals surface area contributed by atoms with Gasteiger partial charge in [0.15, 0.2) is 0 Å². The van der Waals surface area contributed by atoms with Crippen LogP contribution in [0.3, 0.4) is 0 Å². The minimum absolute atomic E-state index is 0.134. The van der Waals surface area contributed by atoms with Crippen LogP contribution in [-0.2, 0) is 0 Å². The van der Waals surface area contributed by atoms with Crippen LogP contribution in [0.2, 0.25) is 0 Å². The second kappa shape index (κ2) is 8.58. The number of aromatic nitrogens is 1. The average Bonchev–Trinajstić information content (AvgIpc) is 2.66. The Kier molecular flexibility index (Phi) is 6.33. The molecule has 1 atom stereocenters. The van der Waals surface area contributed by atoms with Crippen LogP contribution < -0.4 is 15.8 Å². The third-order valence-corrected chi connectivity index (χ3v) is 5.63. The molecular weight excluding hydrogens is 453 g/mol. The Hall–Kier alpha value is -2.33. The molecule has 1 aliphatic rings. The van der Waals surface area contributed by atoms with Gasteiger partial charge in [-0.05, 0) is 36.0 Å². The van der Waals surface area contributed by atoms with E-state index in [9.17, 15) is 22.8 Å². The summed E-state index contributed by atoms with van der Waals surface area (Å²) in [7, 11) is 1.99. The summed E-state index contributed by atoms with van der Waals surface area (Å²) in [5, 5.41) is 2.59. The number of halogens is 4. The van der Waals surface area contributed by atoms with Crippen LogP contribution in [0.25, 0.3) is 0 Å². The lowest BCUT2D eigenvalue weighted by atomic mass is 10.1. The molecule has 0 aliphatic carbocycles. The van der Waals surface area contributed by atoms with Gasteiger partial charge < -0.3 is 20.1 Å². The summed E-state index contributed by atoms with van der Waals surface area (Å²) in [5.41, 5.74) is -0.998. The first-order valence-electron chi connectivity index (χ1n) is 8.93. The molecule has 29 heavy (non-hydrogen) atoms. The Balaban J connectivity index is 1.96. The molecule has 10 heteroatoms. The summed E-state index contributed by atoms with van der Waals surface area (Å²) in [4.78, 5) is 30.4. The number of aromatic amines is 1. The van der Waals surface area contributed by atoms with Crippen LogP contribution in [0.1, 0.15) is 29.3 Å². The smallest absolute Gasteiger partial charge is 0.264 e. The normalized spacial score (nSPS) is 17.6. The number of alkyl halides is 2. The number of H-pyrrole nitrogens is 1. The number of carbonyl (C=O) groups is 1. The summed E-state index contributed by atoms with van der Waals surface area (Å²) < 4.78 is 40.9. The third kappa shape index (κ3) is 4.64. The van der Waals surface area contributed by atoms with Crippen molar-refractivity contribution in [3.63, 3.8) is 0 Å². The molecule has 1 aromatic carbocycles. The second-order valence-corrected chi connectivity index (χ2v) is 7.83. The highest BCUT2D eigenvalue weighted by molar-refractivity contribution is 9.10. The average molecular weight is 473 g/mol. The van der Waals surface area contributed by atoms with E-state index in [-0.39, 0.29) is 21.8 Å². The first kappa shape index (κ1) is 21.4. The lowest BCUT2D eigenvalue weighted by Crippen LogP contribution is -2.50. The zero-order chi connectivity index (χ0) is 21.3. The number of likely N-dealkylation sites (N-methyl/N-ethyl adjacent to an activating group) is 1. The molecule has 2 aromatic rings. The lowest BCUT2D eigenvalue weighted by molar-refractivity contribution is 0.101. The number of piperazine rings is 1. The Morgan fingerprint density at radius 2 is 2.03 bits per heavy atom. The number of hydrogen-bond donors (Lipinski definition) is 2. The van der Waals surface area contributed by atoms with E-state index >= 15 is 0 Å². The molecule has 3 rings (SSSR count). The Morgan fingerprint density at radius 3 is 2.69 bits per heavy atom.